The number of Topliss-reactive ketones (excluding diaryl/α,β-unsaturated/α-hetero) is 1. The van der Waals surface area contributed by atoms with Gasteiger partial charge in [0.15, 0.2) is 5.78 Å². The van der Waals surface area contributed by atoms with Crippen LogP contribution in [0, 0.1) is 0 Å². The Morgan fingerprint density at radius 2 is 2.33 bits per heavy atom. The van der Waals surface area contributed by atoms with Crippen molar-refractivity contribution in [2.24, 2.45) is 5.73 Å². The van der Waals surface area contributed by atoms with Gasteiger partial charge >= 0.3 is 0 Å². The predicted octanol–water partition coefficient (Wildman–Crippen LogP) is -0.970. The van der Waals surface area contributed by atoms with E-state index in [0.717, 1.165) is 19.3 Å². The Morgan fingerprint density at radius 3 is 2.73 bits per heavy atom. The van der Waals surface area contributed by atoms with Crippen LogP contribution >= 0.6 is 0 Å². The minimum absolute atomic E-state index is 0.194. The maximum atomic E-state index is 11.6. The number of nitrogens with zero attached hydrogens (tertiary/aromatic N) is 1. The van der Waals surface area contributed by atoms with Gasteiger partial charge in [0.25, 0.3) is 0 Å². The van der Waals surface area contributed by atoms with Crippen LogP contribution in [0.1, 0.15) is 25.7 Å². The largest absolute Gasteiger partial charge is 0.394 e. The van der Waals surface area contributed by atoms with Gasteiger partial charge in [0.05, 0.1) is 12.1 Å². The summed E-state index contributed by atoms with van der Waals surface area (Å²) in [6, 6.07) is -0.697. The summed E-state index contributed by atoms with van der Waals surface area (Å²) in [7, 11) is 0. The molecule has 0 aromatic rings. The van der Waals surface area contributed by atoms with Crippen molar-refractivity contribution >= 4 is 11.7 Å². The molecule has 2 atom stereocenters. The molecule has 2 fully saturated rings. The van der Waals surface area contributed by atoms with E-state index < -0.39 is 17.5 Å². The lowest BCUT2D eigenvalue weighted by Gasteiger charge is -2.46. The number of hydrogen-bond donors (Lipinski definition) is 2. The number of likely N-dealkylation sites (tertiary alicyclic amines) is 1. The van der Waals surface area contributed by atoms with E-state index in [1.165, 1.54) is 0 Å². The molecule has 5 nitrogen and oxygen atoms in total. The Labute approximate surface area is 88.2 Å². The van der Waals surface area contributed by atoms with Crippen molar-refractivity contribution in [3.8, 4) is 0 Å². The van der Waals surface area contributed by atoms with Crippen LogP contribution in [0.4, 0.5) is 0 Å². The number of amides is 1. The van der Waals surface area contributed by atoms with Crippen molar-refractivity contribution in [2.75, 3.05) is 13.2 Å². The van der Waals surface area contributed by atoms with Crippen molar-refractivity contribution in [1.82, 2.24) is 4.90 Å². The van der Waals surface area contributed by atoms with Crippen LogP contribution in [-0.2, 0) is 9.59 Å². The van der Waals surface area contributed by atoms with E-state index in [1.807, 2.05) is 0 Å². The van der Waals surface area contributed by atoms with Gasteiger partial charge < -0.3 is 10.8 Å². The molecule has 2 unspecified atom stereocenters. The fourth-order valence-corrected chi connectivity index (χ4v) is 2.78. The molecule has 1 spiro atoms. The van der Waals surface area contributed by atoms with Crippen LogP contribution in [0.5, 0.6) is 0 Å². The van der Waals surface area contributed by atoms with Gasteiger partial charge in [-0.1, -0.05) is 0 Å². The average molecular weight is 212 g/mol. The van der Waals surface area contributed by atoms with Crippen LogP contribution in [-0.4, -0.2) is 46.4 Å². The maximum Gasteiger partial charge on any atom is 0.237 e. The minimum atomic E-state index is -0.697. The highest BCUT2D eigenvalue weighted by Crippen LogP contribution is 2.43. The van der Waals surface area contributed by atoms with E-state index in [4.69, 9.17) is 10.8 Å². The predicted molar refractivity (Wildman–Crippen MR) is 53.0 cm³/mol. The topological polar surface area (TPSA) is 83.6 Å². The first-order valence-electron chi connectivity index (χ1n) is 5.32. The monoisotopic (exact) mass is 212 g/mol. The standard InChI is InChI=1S/C10H16N2O3/c11-9(15)7(6-13)12-5-1-3-10(12)4-2-8(10)14/h7,13H,1-6H2,(H2,11,15). The smallest absolute Gasteiger partial charge is 0.237 e. The first-order valence-corrected chi connectivity index (χ1v) is 5.32. The molecule has 2 rings (SSSR count). The molecule has 1 amide bonds. The number of hydrogen-bond acceptors (Lipinski definition) is 4. The summed E-state index contributed by atoms with van der Waals surface area (Å²) < 4.78 is 0. The van der Waals surface area contributed by atoms with Crippen LogP contribution < -0.4 is 5.73 Å². The summed E-state index contributed by atoms with van der Waals surface area (Å²) in [5.74, 6) is -0.349. The second-order valence-corrected chi connectivity index (χ2v) is 4.35. The maximum absolute atomic E-state index is 11.6. The Kier molecular flexibility index (Phi) is 2.52. The van der Waals surface area contributed by atoms with E-state index in [2.05, 4.69) is 0 Å². The van der Waals surface area contributed by atoms with Gasteiger partial charge in [-0.3, -0.25) is 14.5 Å². The summed E-state index contributed by atoms with van der Waals surface area (Å²) >= 11 is 0. The van der Waals surface area contributed by atoms with Crippen LogP contribution in [0.25, 0.3) is 0 Å². The zero-order chi connectivity index (χ0) is 11.1. The van der Waals surface area contributed by atoms with Crippen molar-refractivity contribution in [3.63, 3.8) is 0 Å². The highest BCUT2D eigenvalue weighted by Gasteiger charge is 2.55. The van der Waals surface area contributed by atoms with Crippen molar-refractivity contribution in [3.05, 3.63) is 0 Å². The first-order chi connectivity index (χ1) is 7.12. The molecule has 1 aliphatic carbocycles. The summed E-state index contributed by atoms with van der Waals surface area (Å²) in [5.41, 5.74) is 4.75. The molecule has 0 radical (unpaired) electrons. The molecule has 15 heavy (non-hydrogen) atoms. The number of aliphatic hydroxyl groups is 1. The van der Waals surface area contributed by atoms with Gasteiger partial charge in [0, 0.05) is 13.0 Å². The Bertz CT molecular complexity index is 305. The highest BCUT2D eigenvalue weighted by molar-refractivity contribution is 5.95. The number of carbonyl (C=O) groups is 2. The molecular weight excluding hydrogens is 196 g/mol. The van der Waals surface area contributed by atoms with Gasteiger partial charge in [-0.05, 0) is 19.3 Å². The Morgan fingerprint density at radius 1 is 1.60 bits per heavy atom. The normalized spacial score (nSPS) is 33.0. The molecule has 0 aromatic carbocycles. The summed E-state index contributed by atoms with van der Waals surface area (Å²) in [6.07, 6.45) is 3.09. The minimum Gasteiger partial charge on any atom is -0.394 e. The Balaban J connectivity index is 2.20. The summed E-state index contributed by atoms with van der Waals surface area (Å²) in [4.78, 5) is 24.6. The molecule has 1 saturated carbocycles. The number of ketones is 1. The highest BCUT2D eigenvalue weighted by atomic mass is 16.3. The SMILES string of the molecule is NC(=O)C(CO)N1CCCC12CCC2=O. The third kappa shape index (κ3) is 1.38. The van der Waals surface area contributed by atoms with Crippen molar-refractivity contribution in [1.29, 1.82) is 0 Å². The lowest BCUT2D eigenvalue weighted by molar-refractivity contribution is -0.145. The van der Waals surface area contributed by atoms with Crippen LogP contribution in [0.3, 0.4) is 0 Å². The molecule has 1 aliphatic heterocycles. The van der Waals surface area contributed by atoms with Crippen LogP contribution in [0.2, 0.25) is 0 Å². The lowest BCUT2D eigenvalue weighted by Crippen LogP contribution is -2.63. The second-order valence-electron chi connectivity index (χ2n) is 4.35. The zero-order valence-electron chi connectivity index (χ0n) is 8.61. The average Bonchev–Trinajstić information content (AvgIpc) is 2.63. The number of rotatable bonds is 3. The van der Waals surface area contributed by atoms with Crippen LogP contribution in [0.15, 0.2) is 0 Å². The molecule has 84 valence electrons. The molecule has 1 saturated heterocycles. The van der Waals surface area contributed by atoms with E-state index in [1.54, 1.807) is 4.90 Å². The Hall–Kier alpha value is -0.940. The number of aliphatic hydroxyl groups excluding tert-OH is 1. The molecular formula is C10H16N2O3. The molecule has 0 bridgehead atoms. The zero-order valence-corrected chi connectivity index (χ0v) is 8.61. The van der Waals surface area contributed by atoms with E-state index in [9.17, 15) is 9.59 Å². The fraction of sp³-hybridized carbons (Fsp3) is 0.800. The molecule has 1 heterocycles. The van der Waals surface area contributed by atoms with Gasteiger partial charge in [-0.15, -0.1) is 0 Å². The molecule has 5 heteroatoms. The molecule has 2 aliphatic rings. The summed E-state index contributed by atoms with van der Waals surface area (Å²) in [6.45, 7) is 0.379. The van der Waals surface area contributed by atoms with E-state index in [-0.39, 0.29) is 12.4 Å². The molecule has 0 aromatic heterocycles. The number of nitrogens with two attached hydrogens (primary N) is 1. The quantitative estimate of drug-likeness (QED) is 0.630. The van der Waals surface area contributed by atoms with E-state index >= 15 is 0 Å². The lowest BCUT2D eigenvalue weighted by atomic mass is 9.73. The van der Waals surface area contributed by atoms with E-state index in [0.29, 0.717) is 13.0 Å². The molecule has 3 N–H and O–H groups in total. The number of carbonyl (C=O) groups excluding carboxylic acids is 2. The van der Waals surface area contributed by atoms with Gasteiger partial charge in [-0.2, -0.15) is 0 Å². The fourth-order valence-electron chi connectivity index (χ4n) is 2.78. The number of primary amides is 1. The first kappa shape index (κ1) is 10.6. The van der Waals surface area contributed by atoms with Gasteiger partial charge in [0.1, 0.15) is 6.04 Å². The van der Waals surface area contributed by atoms with Crippen molar-refractivity contribution < 1.29 is 14.7 Å². The van der Waals surface area contributed by atoms with Gasteiger partial charge in [-0.25, -0.2) is 0 Å². The second kappa shape index (κ2) is 3.57. The van der Waals surface area contributed by atoms with Crippen molar-refractivity contribution in [2.45, 2.75) is 37.3 Å². The van der Waals surface area contributed by atoms with Gasteiger partial charge in [0.2, 0.25) is 5.91 Å². The third-order valence-electron chi connectivity index (χ3n) is 3.70. The summed E-state index contributed by atoms with van der Waals surface area (Å²) in [5, 5.41) is 9.14. The third-order valence-corrected chi connectivity index (χ3v) is 3.70.